The molecule has 0 amide bonds. The Bertz CT molecular complexity index is 857. The molecular weight excluding hydrogens is 330 g/mol. The molecule has 0 unspecified atom stereocenters. The molecule has 0 aromatic heterocycles. The van der Waals surface area contributed by atoms with Crippen molar-refractivity contribution in [2.24, 2.45) is 0 Å². The fourth-order valence-corrected chi connectivity index (χ4v) is 3.11. The molecule has 24 heavy (non-hydrogen) atoms. The number of para-hydroxylation sites is 1. The highest BCUT2D eigenvalue weighted by Crippen LogP contribution is 2.21. The quantitative estimate of drug-likeness (QED) is 0.641. The number of carbonyl (C=O) groups excluding carboxylic acids is 2. The van der Waals surface area contributed by atoms with Gasteiger partial charge in [-0.25, -0.2) is 13.2 Å². The van der Waals surface area contributed by atoms with Crippen LogP contribution in [0, 0.1) is 0 Å². The van der Waals surface area contributed by atoms with E-state index in [1.807, 2.05) is 0 Å². The average molecular weight is 347 g/mol. The van der Waals surface area contributed by atoms with E-state index in [2.05, 4.69) is 4.72 Å². The van der Waals surface area contributed by atoms with Crippen LogP contribution < -0.4 is 4.72 Å². The number of rotatable bonds is 6. The number of ketones is 1. The van der Waals surface area contributed by atoms with Gasteiger partial charge in [0.05, 0.1) is 22.8 Å². The summed E-state index contributed by atoms with van der Waals surface area (Å²) in [6.45, 7) is 3.25. The number of hydrogen-bond acceptors (Lipinski definition) is 5. The molecule has 0 saturated carbocycles. The topological polar surface area (TPSA) is 89.5 Å². The molecule has 0 heterocycles. The zero-order valence-electron chi connectivity index (χ0n) is 13.3. The van der Waals surface area contributed by atoms with Gasteiger partial charge in [0.2, 0.25) is 0 Å². The van der Waals surface area contributed by atoms with Gasteiger partial charge in [-0.2, -0.15) is 0 Å². The van der Waals surface area contributed by atoms with Crippen molar-refractivity contribution >= 4 is 27.5 Å². The first-order valence-corrected chi connectivity index (χ1v) is 8.73. The summed E-state index contributed by atoms with van der Waals surface area (Å²) in [5.41, 5.74) is 0.677. The predicted octanol–water partition coefficient (Wildman–Crippen LogP) is 2.87. The maximum atomic E-state index is 12.5. The van der Waals surface area contributed by atoms with E-state index in [0.717, 1.165) is 0 Å². The van der Waals surface area contributed by atoms with Crippen molar-refractivity contribution in [2.45, 2.75) is 18.7 Å². The Hall–Kier alpha value is -2.67. The SMILES string of the molecule is CCOC(=O)c1ccccc1NS(=O)(=O)c1ccc(C(C)=O)cc1. The highest BCUT2D eigenvalue weighted by Gasteiger charge is 2.19. The molecule has 0 spiro atoms. The third-order valence-electron chi connectivity index (χ3n) is 3.24. The Morgan fingerprint density at radius 2 is 1.67 bits per heavy atom. The second-order valence-electron chi connectivity index (χ2n) is 4.95. The van der Waals surface area contributed by atoms with E-state index in [1.165, 1.54) is 43.3 Å². The smallest absolute Gasteiger partial charge is 0.340 e. The zero-order valence-corrected chi connectivity index (χ0v) is 14.1. The minimum atomic E-state index is -3.90. The van der Waals surface area contributed by atoms with Crippen LogP contribution in [0.5, 0.6) is 0 Å². The van der Waals surface area contributed by atoms with Gasteiger partial charge in [-0.1, -0.05) is 24.3 Å². The van der Waals surface area contributed by atoms with Gasteiger partial charge < -0.3 is 4.74 Å². The van der Waals surface area contributed by atoms with Crippen LogP contribution in [-0.4, -0.2) is 26.8 Å². The Kier molecular flexibility index (Phi) is 5.35. The minimum Gasteiger partial charge on any atom is -0.462 e. The van der Waals surface area contributed by atoms with Gasteiger partial charge in [0.15, 0.2) is 5.78 Å². The molecule has 0 saturated heterocycles. The Morgan fingerprint density at radius 1 is 1.04 bits per heavy atom. The monoisotopic (exact) mass is 347 g/mol. The predicted molar refractivity (Wildman–Crippen MR) is 89.7 cm³/mol. The molecule has 2 aromatic rings. The van der Waals surface area contributed by atoms with Crippen molar-refractivity contribution in [3.05, 3.63) is 59.7 Å². The lowest BCUT2D eigenvalue weighted by atomic mass is 10.2. The summed E-state index contributed by atoms with van der Waals surface area (Å²) < 4.78 is 32.2. The molecule has 0 aliphatic heterocycles. The molecule has 0 radical (unpaired) electrons. The number of nitrogens with one attached hydrogen (secondary N) is 1. The fourth-order valence-electron chi connectivity index (χ4n) is 2.03. The Labute approximate surface area is 140 Å². The van der Waals surface area contributed by atoms with Gasteiger partial charge in [0, 0.05) is 5.56 Å². The van der Waals surface area contributed by atoms with E-state index in [0.29, 0.717) is 5.56 Å². The van der Waals surface area contributed by atoms with Crippen molar-refractivity contribution in [1.29, 1.82) is 0 Å². The lowest BCUT2D eigenvalue weighted by Crippen LogP contribution is -2.16. The summed E-state index contributed by atoms with van der Waals surface area (Å²) in [7, 11) is -3.90. The van der Waals surface area contributed by atoms with Crippen molar-refractivity contribution < 1.29 is 22.7 Å². The summed E-state index contributed by atoms with van der Waals surface area (Å²) >= 11 is 0. The summed E-state index contributed by atoms with van der Waals surface area (Å²) in [6, 6.07) is 11.7. The van der Waals surface area contributed by atoms with E-state index >= 15 is 0 Å². The molecule has 6 nitrogen and oxygen atoms in total. The maximum absolute atomic E-state index is 12.5. The summed E-state index contributed by atoms with van der Waals surface area (Å²) in [5.74, 6) is -0.762. The molecule has 7 heteroatoms. The molecule has 0 aliphatic carbocycles. The van der Waals surface area contributed by atoms with Crippen molar-refractivity contribution in [1.82, 2.24) is 0 Å². The van der Waals surface area contributed by atoms with E-state index < -0.39 is 16.0 Å². The largest absolute Gasteiger partial charge is 0.462 e. The first-order chi connectivity index (χ1) is 11.3. The molecular formula is C17H17NO5S. The van der Waals surface area contributed by atoms with Crippen LogP contribution in [0.15, 0.2) is 53.4 Å². The molecule has 0 atom stereocenters. The lowest BCUT2D eigenvalue weighted by Gasteiger charge is -2.12. The van der Waals surface area contributed by atoms with Gasteiger partial charge in [-0.05, 0) is 38.1 Å². The maximum Gasteiger partial charge on any atom is 0.340 e. The van der Waals surface area contributed by atoms with E-state index in [9.17, 15) is 18.0 Å². The van der Waals surface area contributed by atoms with Gasteiger partial charge in [0.1, 0.15) is 0 Å². The average Bonchev–Trinajstić information content (AvgIpc) is 2.55. The van der Waals surface area contributed by atoms with Crippen LogP contribution in [0.2, 0.25) is 0 Å². The highest BCUT2D eigenvalue weighted by molar-refractivity contribution is 7.92. The number of hydrogen-bond donors (Lipinski definition) is 1. The van der Waals surface area contributed by atoms with Gasteiger partial charge in [0.25, 0.3) is 10.0 Å². The Balaban J connectivity index is 2.33. The molecule has 2 rings (SSSR count). The van der Waals surface area contributed by atoms with Crippen molar-refractivity contribution in [2.75, 3.05) is 11.3 Å². The first kappa shape index (κ1) is 17.7. The second kappa shape index (κ2) is 7.27. The minimum absolute atomic E-state index is 0.00818. The van der Waals surface area contributed by atoms with E-state index in [1.54, 1.807) is 19.1 Å². The van der Waals surface area contributed by atoms with Crippen LogP contribution in [0.4, 0.5) is 5.69 Å². The number of anilines is 1. The second-order valence-corrected chi connectivity index (χ2v) is 6.63. The van der Waals surface area contributed by atoms with Crippen molar-refractivity contribution in [3.8, 4) is 0 Å². The number of carbonyl (C=O) groups is 2. The lowest BCUT2D eigenvalue weighted by molar-refractivity contribution is 0.0527. The third kappa shape index (κ3) is 3.99. The molecule has 0 bridgehead atoms. The van der Waals surface area contributed by atoms with E-state index in [4.69, 9.17) is 4.74 Å². The molecule has 1 N–H and O–H groups in total. The number of esters is 1. The fraction of sp³-hybridized carbons (Fsp3) is 0.176. The van der Waals surface area contributed by atoms with Crippen LogP contribution in [0.25, 0.3) is 0 Å². The van der Waals surface area contributed by atoms with Crippen LogP contribution in [0.1, 0.15) is 34.6 Å². The first-order valence-electron chi connectivity index (χ1n) is 7.25. The van der Waals surface area contributed by atoms with Gasteiger partial charge in [-0.15, -0.1) is 0 Å². The highest BCUT2D eigenvalue weighted by atomic mass is 32.2. The van der Waals surface area contributed by atoms with Gasteiger partial charge >= 0.3 is 5.97 Å². The number of ether oxygens (including phenoxy) is 1. The van der Waals surface area contributed by atoms with Crippen LogP contribution in [-0.2, 0) is 14.8 Å². The molecule has 0 fully saturated rings. The number of benzene rings is 2. The van der Waals surface area contributed by atoms with Gasteiger partial charge in [-0.3, -0.25) is 9.52 Å². The summed E-state index contributed by atoms with van der Waals surface area (Å²) in [6.07, 6.45) is 0. The third-order valence-corrected chi connectivity index (χ3v) is 4.62. The van der Waals surface area contributed by atoms with E-state index in [-0.39, 0.29) is 28.5 Å². The zero-order chi connectivity index (χ0) is 17.7. The standard InChI is InChI=1S/C17H17NO5S/c1-3-23-17(20)15-6-4-5-7-16(15)18-24(21,22)14-10-8-13(9-11-14)12(2)19/h4-11,18H,3H2,1-2H3. The van der Waals surface area contributed by atoms with Crippen molar-refractivity contribution in [3.63, 3.8) is 0 Å². The molecule has 0 aliphatic rings. The normalized spacial score (nSPS) is 10.9. The molecule has 2 aromatic carbocycles. The number of sulfonamides is 1. The summed E-state index contributed by atoms with van der Waals surface area (Å²) in [5, 5.41) is 0. The summed E-state index contributed by atoms with van der Waals surface area (Å²) in [4.78, 5) is 23.2. The number of Topliss-reactive ketones (excluding diaryl/α,β-unsaturated/α-hetero) is 1. The molecule has 126 valence electrons. The van der Waals surface area contributed by atoms with Crippen LogP contribution in [0.3, 0.4) is 0 Å². The van der Waals surface area contributed by atoms with Crippen LogP contribution >= 0.6 is 0 Å². The Morgan fingerprint density at radius 3 is 2.25 bits per heavy atom.